The van der Waals surface area contributed by atoms with Gasteiger partial charge in [0.25, 0.3) is 0 Å². The van der Waals surface area contributed by atoms with E-state index in [1.54, 1.807) is 0 Å². The Hall–Kier alpha value is -0.680. The first-order valence-electron chi connectivity index (χ1n) is 5.28. The van der Waals surface area contributed by atoms with Crippen molar-refractivity contribution in [2.75, 3.05) is 6.54 Å². The molecule has 4 nitrogen and oxygen atoms in total. The molecule has 0 amide bonds. The highest BCUT2D eigenvalue weighted by atomic mass is 32.1. The molecular weight excluding hydrogens is 210 g/mol. The van der Waals surface area contributed by atoms with Crippen LogP contribution >= 0.6 is 11.5 Å². The van der Waals surface area contributed by atoms with Gasteiger partial charge in [-0.25, -0.2) is 0 Å². The maximum atomic E-state index is 11.0. The number of hydrogen-bond acceptors (Lipinski definition) is 4. The lowest BCUT2D eigenvalue weighted by Crippen LogP contribution is -2.38. The van der Waals surface area contributed by atoms with Crippen molar-refractivity contribution in [1.29, 1.82) is 0 Å². The zero-order valence-corrected chi connectivity index (χ0v) is 9.93. The van der Waals surface area contributed by atoms with Crippen LogP contribution in [0.4, 0.5) is 0 Å². The van der Waals surface area contributed by atoms with E-state index in [2.05, 4.69) is 23.2 Å². The molecule has 0 aliphatic heterocycles. The molecule has 1 saturated carbocycles. The van der Waals surface area contributed by atoms with Gasteiger partial charge in [0.05, 0.1) is 0 Å². The van der Waals surface area contributed by atoms with Crippen LogP contribution in [0.3, 0.4) is 0 Å². The van der Waals surface area contributed by atoms with Crippen molar-refractivity contribution in [3.05, 3.63) is 15.5 Å². The molecular formula is C10H17N3OS. The third kappa shape index (κ3) is 2.13. The van der Waals surface area contributed by atoms with E-state index in [0.717, 1.165) is 17.4 Å². The number of aromatic amines is 1. The summed E-state index contributed by atoms with van der Waals surface area (Å²) in [6.07, 6.45) is 2.35. The summed E-state index contributed by atoms with van der Waals surface area (Å²) >= 11 is 0.983. The minimum absolute atomic E-state index is 0.0815. The van der Waals surface area contributed by atoms with E-state index in [-0.39, 0.29) is 10.8 Å². The van der Waals surface area contributed by atoms with Crippen molar-refractivity contribution in [1.82, 2.24) is 9.36 Å². The fraction of sp³-hybridized carbons (Fsp3) is 0.800. The lowest BCUT2D eigenvalue weighted by atomic mass is 9.60. The summed E-state index contributed by atoms with van der Waals surface area (Å²) in [6, 6.07) is 0. The Morgan fingerprint density at radius 2 is 2.33 bits per heavy atom. The van der Waals surface area contributed by atoms with Crippen molar-refractivity contribution < 1.29 is 0 Å². The van der Waals surface area contributed by atoms with Crippen molar-refractivity contribution >= 4 is 11.5 Å². The molecule has 0 aromatic carbocycles. The van der Waals surface area contributed by atoms with E-state index in [0.29, 0.717) is 17.9 Å². The van der Waals surface area contributed by atoms with Crippen molar-refractivity contribution in [2.45, 2.75) is 32.6 Å². The number of H-pyrrole nitrogens is 1. The van der Waals surface area contributed by atoms with Crippen LogP contribution in [0.5, 0.6) is 0 Å². The maximum absolute atomic E-state index is 11.0. The first-order chi connectivity index (χ1) is 7.02. The Bertz CT molecular complexity index is 387. The summed E-state index contributed by atoms with van der Waals surface area (Å²) in [4.78, 5) is 13.7. The molecule has 5 heteroatoms. The highest BCUT2D eigenvalue weighted by molar-refractivity contribution is 7.02. The summed E-state index contributed by atoms with van der Waals surface area (Å²) in [6.45, 7) is 5.10. The van der Waals surface area contributed by atoms with Gasteiger partial charge in [-0.15, -0.1) is 0 Å². The smallest absolute Gasteiger partial charge is 0.323 e. The minimum atomic E-state index is -0.0815. The second kappa shape index (κ2) is 3.72. The highest BCUT2D eigenvalue weighted by Gasteiger charge is 2.41. The van der Waals surface area contributed by atoms with E-state index in [9.17, 15) is 4.79 Å². The number of hydrogen-bond donors (Lipinski definition) is 2. The number of nitrogens with zero attached hydrogens (tertiary/aromatic N) is 1. The fourth-order valence-corrected chi connectivity index (χ4v) is 3.09. The molecule has 1 aromatic heterocycles. The molecule has 0 saturated heterocycles. The second-order valence-electron chi connectivity index (χ2n) is 5.16. The van der Waals surface area contributed by atoms with Crippen LogP contribution < -0.4 is 10.6 Å². The van der Waals surface area contributed by atoms with Gasteiger partial charge >= 0.3 is 4.87 Å². The summed E-state index contributed by atoms with van der Waals surface area (Å²) in [5.41, 5.74) is 6.19. The SMILES string of the molecule is CC1(C)CC(C(CN)c2nsc(=O)[nH]2)C1. The molecule has 0 radical (unpaired) electrons. The van der Waals surface area contributed by atoms with Crippen LogP contribution in [0.1, 0.15) is 38.4 Å². The lowest BCUT2D eigenvalue weighted by molar-refractivity contribution is 0.0744. The van der Waals surface area contributed by atoms with Gasteiger partial charge in [-0.1, -0.05) is 13.8 Å². The van der Waals surface area contributed by atoms with Gasteiger partial charge in [0.2, 0.25) is 0 Å². The molecule has 0 bridgehead atoms. The van der Waals surface area contributed by atoms with Crippen LogP contribution in [-0.4, -0.2) is 15.9 Å². The molecule has 15 heavy (non-hydrogen) atoms. The zero-order chi connectivity index (χ0) is 11.1. The standard InChI is InChI=1S/C10H17N3OS/c1-10(2)3-6(4-10)7(5-11)8-12-9(14)15-13-8/h6-7H,3-5,11H2,1-2H3,(H,12,13,14). The lowest BCUT2D eigenvalue weighted by Gasteiger charge is -2.45. The molecule has 1 heterocycles. The molecule has 1 aromatic rings. The third-order valence-corrected chi connectivity index (χ3v) is 3.82. The third-order valence-electron chi connectivity index (χ3n) is 3.26. The van der Waals surface area contributed by atoms with Gasteiger partial charge in [-0.2, -0.15) is 4.37 Å². The van der Waals surface area contributed by atoms with Crippen LogP contribution in [0.2, 0.25) is 0 Å². The van der Waals surface area contributed by atoms with Gasteiger partial charge in [0, 0.05) is 24.0 Å². The Morgan fingerprint density at radius 1 is 1.67 bits per heavy atom. The van der Waals surface area contributed by atoms with Crippen LogP contribution in [0, 0.1) is 11.3 Å². The van der Waals surface area contributed by atoms with Gasteiger partial charge < -0.3 is 5.73 Å². The molecule has 0 spiro atoms. The predicted octanol–water partition coefficient (Wildman–Crippen LogP) is 1.31. The Labute approximate surface area is 93.1 Å². The van der Waals surface area contributed by atoms with Gasteiger partial charge in [-0.05, 0) is 24.2 Å². The predicted molar refractivity (Wildman–Crippen MR) is 61.0 cm³/mol. The summed E-state index contributed by atoms with van der Waals surface area (Å²) in [5, 5.41) is 0. The van der Waals surface area contributed by atoms with Gasteiger partial charge in [0.1, 0.15) is 5.82 Å². The number of rotatable bonds is 3. The van der Waals surface area contributed by atoms with Crippen molar-refractivity contribution in [3.63, 3.8) is 0 Å². The van der Waals surface area contributed by atoms with E-state index < -0.39 is 0 Å². The average molecular weight is 227 g/mol. The maximum Gasteiger partial charge on any atom is 0.323 e. The molecule has 1 aliphatic carbocycles. The van der Waals surface area contributed by atoms with E-state index in [1.165, 1.54) is 12.8 Å². The van der Waals surface area contributed by atoms with Crippen LogP contribution in [0.15, 0.2) is 4.79 Å². The largest absolute Gasteiger partial charge is 0.330 e. The quantitative estimate of drug-likeness (QED) is 0.817. The molecule has 1 atom stereocenters. The molecule has 1 unspecified atom stereocenters. The molecule has 84 valence electrons. The number of nitrogens with one attached hydrogen (secondary N) is 1. The Balaban J connectivity index is 2.09. The number of aromatic nitrogens is 2. The van der Waals surface area contributed by atoms with E-state index >= 15 is 0 Å². The minimum Gasteiger partial charge on any atom is -0.330 e. The molecule has 1 aliphatic rings. The Morgan fingerprint density at radius 3 is 2.73 bits per heavy atom. The first kappa shape index (κ1) is 10.8. The van der Waals surface area contributed by atoms with E-state index in [4.69, 9.17) is 5.73 Å². The average Bonchev–Trinajstić information content (AvgIpc) is 2.50. The molecule has 1 fully saturated rings. The molecule has 2 rings (SSSR count). The second-order valence-corrected chi connectivity index (χ2v) is 5.89. The zero-order valence-electron chi connectivity index (χ0n) is 9.12. The van der Waals surface area contributed by atoms with Crippen molar-refractivity contribution in [3.8, 4) is 0 Å². The summed E-state index contributed by atoms with van der Waals surface area (Å²) < 4.78 is 4.13. The van der Waals surface area contributed by atoms with Gasteiger partial charge in [-0.3, -0.25) is 9.78 Å². The van der Waals surface area contributed by atoms with Crippen LogP contribution in [-0.2, 0) is 0 Å². The normalized spacial score (nSPS) is 22.3. The van der Waals surface area contributed by atoms with Crippen LogP contribution in [0.25, 0.3) is 0 Å². The number of nitrogens with two attached hydrogens (primary N) is 1. The van der Waals surface area contributed by atoms with Crippen molar-refractivity contribution in [2.24, 2.45) is 17.1 Å². The van der Waals surface area contributed by atoms with Gasteiger partial charge in [0.15, 0.2) is 0 Å². The molecule has 3 N–H and O–H groups in total. The summed E-state index contributed by atoms with van der Waals surface area (Å²) in [5.74, 6) is 1.60. The van der Waals surface area contributed by atoms with E-state index in [1.807, 2.05) is 0 Å². The first-order valence-corrected chi connectivity index (χ1v) is 6.05. The topological polar surface area (TPSA) is 71.8 Å². The monoisotopic (exact) mass is 227 g/mol. The fourth-order valence-electron chi connectivity index (χ4n) is 2.57. The highest BCUT2D eigenvalue weighted by Crippen LogP contribution is 2.50. The Kier molecular flexibility index (Phi) is 2.68. The summed E-state index contributed by atoms with van der Waals surface area (Å²) in [7, 11) is 0.